The molecule has 2 atom stereocenters. The summed E-state index contributed by atoms with van der Waals surface area (Å²) in [5, 5.41) is 7.18. The van der Waals surface area contributed by atoms with Gasteiger partial charge in [0.2, 0.25) is 5.91 Å². The lowest BCUT2D eigenvalue weighted by atomic mass is 10.1. The molecule has 0 spiro atoms. The molecule has 9 nitrogen and oxygen atoms in total. The van der Waals surface area contributed by atoms with Crippen LogP contribution in [-0.4, -0.2) is 67.5 Å². The maximum absolute atomic E-state index is 13.8. The normalized spacial score (nSPS) is 19.6. The third-order valence-corrected chi connectivity index (χ3v) is 7.21. The van der Waals surface area contributed by atoms with E-state index in [1.165, 1.54) is 35.6 Å². The Kier molecular flexibility index (Phi) is 7.39. The van der Waals surface area contributed by atoms with E-state index >= 15 is 0 Å². The van der Waals surface area contributed by atoms with Crippen molar-refractivity contribution in [3.63, 3.8) is 0 Å². The number of amides is 1. The molecule has 4 heterocycles. The zero-order chi connectivity index (χ0) is 27.0. The fourth-order valence-corrected chi connectivity index (χ4v) is 5.36. The topological polar surface area (TPSA) is 94.3 Å². The van der Waals surface area contributed by atoms with E-state index in [1.54, 1.807) is 12.3 Å². The number of halogens is 2. The average molecular weight is 543 g/mol. The molecule has 2 saturated heterocycles. The van der Waals surface area contributed by atoms with Gasteiger partial charge in [-0.05, 0) is 69.9 Å². The minimum atomic E-state index is -0.606. The lowest BCUT2D eigenvalue weighted by molar-refractivity contribution is -0.121. The second kappa shape index (κ2) is 10.6. The van der Waals surface area contributed by atoms with E-state index in [4.69, 9.17) is 16.3 Å². The number of ether oxygens (including phenoxy) is 1. The Balaban J connectivity index is 1.40. The van der Waals surface area contributed by atoms with E-state index in [0.29, 0.717) is 23.6 Å². The number of carbonyl (C=O) groups excluding carboxylic acids is 1. The van der Waals surface area contributed by atoms with Gasteiger partial charge in [-0.3, -0.25) is 9.69 Å². The van der Waals surface area contributed by atoms with Gasteiger partial charge in [-0.15, -0.1) is 5.10 Å². The number of carbonyl (C=O) groups is 1. The summed E-state index contributed by atoms with van der Waals surface area (Å²) in [5.41, 5.74) is 0.379. The summed E-state index contributed by atoms with van der Waals surface area (Å²) in [4.78, 5) is 33.2. The molecule has 11 heteroatoms. The van der Waals surface area contributed by atoms with Crippen LogP contribution in [0.3, 0.4) is 0 Å². The van der Waals surface area contributed by atoms with Crippen LogP contribution < -0.4 is 11.0 Å². The van der Waals surface area contributed by atoms with Crippen LogP contribution in [0.1, 0.15) is 45.0 Å². The van der Waals surface area contributed by atoms with E-state index in [1.807, 2.05) is 26.8 Å². The molecule has 2 unspecified atom stereocenters. The number of hydrogen-bond donors (Lipinski definition) is 1. The van der Waals surface area contributed by atoms with E-state index in [-0.39, 0.29) is 23.2 Å². The Hall–Kier alpha value is -3.08. The highest BCUT2D eigenvalue weighted by atomic mass is 35.5. The van der Waals surface area contributed by atoms with Crippen LogP contribution in [0.5, 0.6) is 0 Å². The van der Waals surface area contributed by atoms with Gasteiger partial charge in [0.15, 0.2) is 5.82 Å². The molecular formula is C27H32ClFN6O3. The maximum Gasteiger partial charge on any atom is 0.356 e. The van der Waals surface area contributed by atoms with Crippen LogP contribution in [0.15, 0.2) is 41.3 Å². The summed E-state index contributed by atoms with van der Waals surface area (Å²) >= 11 is 5.99. The molecule has 202 valence electrons. The molecule has 2 fully saturated rings. The van der Waals surface area contributed by atoms with Crippen LogP contribution in [-0.2, 0) is 22.4 Å². The molecule has 1 N–H and O–H groups in total. The smallest absolute Gasteiger partial charge is 0.356 e. The van der Waals surface area contributed by atoms with Crippen LogP contribution in [0.25, 0.3) is 11.5 Å². The summed E-state index contributed by atoms with van der Waals surface area (Å²) in [6.07, 6.45) is 4.81. The van der Waals surface area contributed by atoms with Gasteiger partial charge in [0.1, 0.15) is 11.6 Å². The monoisotopic (exact) mass is 542 g/mol. The molecule has 0 radical (unpaired) electrons. The summed E-state index contributed by atoms with van der Waals surface area (Å²) in [6.45, 7) is 8.14. The number of rotatable bonds is 7. The van der Waals surface area contributed by atoms with Gasteiger partial charge < -0.3 is 10.1 Å². The minimum Gasteiger partial charge on any atom is -0.378 e. The SMILES string of the molecule is CC(C)(C)NC(=O)Cc1nn(-c2ccc(CCN3C4CCC3COC4)cn2)c(=O)n1-c1ccc(F)c(Cl)c1. The summed E-state index contributed by atoms with van der Waals surface area (Å²) in [6, 6.07) is 8.62. The number of morpholine rings is 1. The zero-order valence-corrected chi connectivity index (χ0v) is 22.5. The number of nitrogens with one attached hydrogen (secondary N) is 1. The second-order valence-corrected chi connectivity index (χ2v) is 11.4. The minimum absolute atomic E-state index is 0.136. The molecule has 3 aromatic rings. The van der Waals surface area contributed by atoms with Crippen molar-refractivity contribution < 1.29 is 13.9 Å². The predicted octanol–water partition coefficient (Wildman–Crippen LogP) is 3.07. The fourth-order valence-electron chi connectivity index (χ4n) is 5.19. The number of benzene rings is 1. The third kappa shape index (κ3) is 5.67. The lowest BCUT2D eigenvalue weighted by Gasteiger charge is -2.34. The average Bonchev–Trinajstić information content (AvgIpc) is 3.28. The van der Waals surface area contributed by atoms with Crippen molar-refractivity contribution in [3.8, 4) is 11.5 Å². The molecule has 2 aromatic heterocycles. The summed E-state index contributed by atoms with van der Waals surface area (Å²) in [7, 11) is 0. The van der Waals surface area contributed by atoms with Gasteiger partial charge in [0, 0.05) is 30.4 Å². The van der Waals surface area contributed by atoms with Gasteiger partial charge in [-0.2, -0.15) is 4.68 Å². The standard InChI is InChI=1S/C27H32ClFN6O3/c1-27(2,3)31-25(36)13-24-32-35(26(37)34(24)18-7-8-22(29)21(28)12-18)23-9-4-17(14-30-23)10-11-33-19-5-6-20(33)16-38-15-19/h4,7-9,12,14,19-20H,5-6,10-11,13,15-16H2,1-3H3,(H,31,36). The molecular weight excluding hydrogens is 511 g/mol. The van der Waals surface area contributed by atoms with Crippen LogP contribution in [0.4, 0.5) is 4.39 Å². The van der Waals surface area contributed by atoms with Crippen molar-refractivity contribution >= 4 is 17.5 Å². The quantitative estimate of drug-likeness (QED) is 0.493. The van der Waals surface area contributed by atoms with Gasteiger partial charge in [0.25, 0.3) is 0 Å². The summed E-state index contributed by atoms with van der Waals surface area (Å²) in [5.74, 6) is -0.391. The molecule has 2 bridgehead atoms. The van der Waals surface area contributed by atoms with Gasteiger partial charge in [-0.1, -0.05) is 17.7 Å². The first-order chi connectivity index (χ1) is 18.1. The molecule has 38 heavy (non-hydrogen) atoms. The van der Waals surface area contributed by atoms with E-state index < -0.39 is 17.0 Å². The van der Waals surface area contributed by atoms with Gasteiger partial charge in [0.05, 0.1) is 30.3 Å². The molecule has 1 aromatic carbocycles. The number of hydrogen-bond acceptors (Lipinski definition) is 6. The Morgan fingerprint density at radius 3 is 2.55 bits per heavy atom. The van der Waals surface area contributed by atoms with E-state index in [0.717, 1.165) is 36.4 Å². The molecule has 0 saturated carbocycles. The van der Waals surface area contributed by atoms with Crippen LogP contribution in [0.2, 0.25) is 5.02 Å². The summed E-state index contributed by atoms with van der Waals surface area (Å²) < 4.78 is 21.9. The van der Waals surface area contributed by atoms with Crippen molar-refractivity contribution in [3.05, 3.63) is 69.2 Å². The Morgan fingerprint density at radius 2 is 1.92 bits per heavy atom. The van der Waals surface area contributed by atoms with Gasteiger partial charge in [-0.25, -0.2) is 18.7 Å². The highest BCUT2D eigenvalue weighted by molar-refractivity contribution is 6.30. The number of aromatic nitrogens is 4. The fraction of sp³-hybridized carbons (Fsp3) is 0.481. The zero-order valence-electron chi connectivity index (χ0n) is 21.8. The Labute approximate surface area is 225 Å². The molecule has 5 rings (SSSR count). The second-order valence-electron chi connectivity index (χ2n) is 11.0. The first-order valence-corrected chi connectivity index (χ1v) is 13.2. The van der Waals surface area contributed by atoms with Crippen LogP contribution in [0, 0.1) is 5.82 Å². The molecule has 0 aliphatic carbocycles. The molecule has 1 amide bonds. The van der Waals surface area contributed by atoms with Gasteiger partial charge >= 0.3 is 5.69 Å². The first-order valence-electron chi connectivity index (χ1n) is 12.9. The highest BCUT2D eigenvalue weighted by Crippen LogP contribution is 2.28. The Bertz CT molecular complexity index is 1360. The Morgan fingerprint density at radius 1 is 1.18 bits per heavy atom. The van der Waals surface area contributed by atoms with E-state index in [2.05, 4.69) is 20.3 Å². The number of fused-ring (bicyclic) bond motifs is 2. The largest absolute Gasteiger partial charge is 0.378 e. The number of nitrogens with zero attached hydrogens (tertiary/aromatic N) is 5. The van der Waals surface area contributed by atoms with Crippen molar-refractivity contribution in [2.24, 2.45) is 0 Å². The van der Waals surface area contributed by atoms with Crippen molar-refractivity contribution in [1.82, 2.24) is 29.5 Å². The number of pyridine rings is 1. The maximum atomic E-state index is 13.8. The lowest BCUT2D eigenvalue weighted by Crippen LogP contribution is -2.46. The van der Waals surface area contributed by atoms with Crippen LogP contribution >= 0.6 is 11.6 Å². The third-order valence-electron chi connectivity index (χ3n) is 6.92. The van der Waals surface area contributed by atoms with Crippen molar-refractivity contribution in [1.29, 1.82) is 0 Å². The molecule has 2 aliphatic heterocycles. The highest BCUT2D eigenvalue weighted by Gasteiger charge is 2.36. The first kappa shape index (κ1) is 26.5. The molecule has 2 aliphatic rings. The predicted molar refractivity (Wildman–Crippen MR) is 142 cm³/mol. The van der Waals surface area contributed by atoms with Crippen molar-refractivity contribution in [2.75, 3.05) is 19.8 Å². The van der Waals surface area contributed by atoms with Crippen molar-refractivity contribution in [2.45, 2.75) is 64.1 Å². The van der Waals surface area contributed by atoms with E-state index in [9.17, 15) is 14.0 Å².